The largest absolute Gasteiger partial charge is 0.389 e. The number of aliphatic hydroxyl groups is 1. The maximum absolute atomic E-state index is 9.66. The van der Waals surface area contributed by atoms with Crippen LogP contribution in [0.1, 0.15) is 0 Å². The summed E-state index contributed by atoms with van der Waals surface area (Å²) in [4.78, 5) is 2.17. The molecule has 0 aliphatic carbocycles. The van der Waals surface area contributed by atoms with Crippen molar-refractivity contribution >= 4 is 0 Å². The van der Waals surface area contributed by atoms with Gasteiger partial charge < -0.3 is 19.9 Å². The van der Waals surface area contributed by atoms with Gasteiger partial charge in [0.1, 0.15) is 0 Å². The molecular formula is C10H22N2O3. The topological polar surface area (TPSA) is 54.0 Å². The predicted molar refractivity (Wildman–Crippen MR) is 58.0 cm³/mol. The van der Waals surface area contributed by atoms with Gasteiger partial charge in [0.25, 0.3) is 0 Å². The third kappa shape index (κ3) is 4.90. The Labute approximate surface area is 91.3 Å². The van der Waals surface area contributed by atoms with E-state index in [1.165, 1.54) is 0 Å². The summed E-state index contributed by atoms with van der Waals surface area (Å²) in [6.45, 7) is 4.21. The summed E-state index contributed by atoms with van der Waals surface area (Å²) in [5, 5.41) is 12.9. The van der Waals surface area contributed by atoms with E-state index < -0.39 is 6.10 Å². The molecule has 1 aliphatic heterocycles. The van der Waals surface area contributed by atoms with Crippen LogP contribution in [0.2, 0.25) is 0 Å². The molecular weight excluding hydrogens is 196 g/mol. The lowest BCUT2D eigenvalue weighted by atomic mass is 10.1. The molecule has 1 aliphatic rings. The second-order valence-electron chi connectivity index (χ2n) is 3.97. The van der Waals surface area contributed by atoms with Gasteiger partial charge in [0.15, 0.2) is 0 Å². The summed E-state index contributed by atoms with van der Waals surface area (Å²) in [5.41, 5.74) is 0. The Balaban J connectivity index is 1.98. The molecule has 0 radical (unpaired) electrons. The van der Waals surface area contributed by atoms with Gasteiger partial charge in [-0.25, -0.2) is 0 Å². The molecule has 1 fully saturated rings. The van der Waals surface area contributed by atoms with Crippen LogP contribution in [0.15, 0.2) is 0 Å². The van der Waals surface area contributed by atoms with E-state index in [1.54, 1.807) is 7.11 Å². The Hall–Kier alpha value is -0.200. The van der Waals surface area contributed by atoms with Crippen LogP contribution in [-0.4, -0.2) is 75.8 Å². The normalized spacial score (nSPS) is 19.2. The van der Waals surface area contributed by atoms with Gasteiger partial charge in [-0.1, -0.05) is 0 Å². The van der Waals surface area contributed by atoms with Gasteiger partial charge in [0.2, 0.25) is 0 Å². The van der Waals surface area contributed by atoms with Crippen molar-refractivity contribution in [2.24, 2.45) is 0 Å². The molecule has 1 unspecified atom stereocenters. The molecule has 0 spiro atoms. The Kier molecular flexibility index (Phi) is 6.12. The van der Waals surface area contributed by atoms with Crippen molar-refractivity contribution < 1.29 is 14.6 Å². The average Bonchev–Trinajstić information content (AvgIpc) is 2.09. The lowest BCUT2D eigenvalue weighted by Gasteiger charge is -2.36. The van der Waals surface area contributed by atoms with Crippen LogP contribution in [-0.2, 0) is 9.47 Å². The predicted octanol–water partition coefficient (Wildman–Crippen LogP) is -1.09. The van der Waals surface area contributed by atoms with Crippen LogP contribution in [0.3, 0.4) is 0 Å². The molecule has 1 heterocycles. The van der Waals surface area contributed by atoms with E-state index in [9.17, 15) is 5.11 Å². The molecule has 90 valence electrons. The van der Waals surface area contributed by atoms with E-state index in [4.69, 9.17) is 9.47 Å². The van der Waals surface area contributed by atoms with Crippen LogP contribution in [0.5, 0.6) is 0 Å². The summed E-state index contributed by atoms with van der Waals surface area (Å²) in [6, 6.07) is 0.568. The monoisotopic (exact) mass is 218 g/mol. The van der Waals surface area contributed by atoms with Crippen LogP contribution in [0, 0.1) is 0 Å². The first-order valence-electron chi connectivity index (χ1n) is 5.39. The van der Waals surface area contributed by atoms with Crippen molar-refractivity contribution in [3.8, 4) is 0 Å². The molecule has 1 atom stereocenters. The molecule has 0 aromatic carbocycles. The van der Waals surface area contributed by atoms with Crippen molar-refractivity contribution in [2.45, 2.75) is 12.1 Å². The van der Waals surface area contributed by atoms with Gasteiger partial charge in [0.05, 0.1) is 25.9 Å². The minimum absolute atomic E-state index is 0.383. The SMILES string of the molecule is COCCOCC(O)CN(C)C1CNC1. The fourth-order valence-electron chi connectivity index (χ4n) is 1.48. The third-order valence-corrected chi connectivity index (χ3v) is 2.62. The maximum Gasteiger partial charge on any atom is 0.0900 e. The number of hydrogen-bond donors (Lipinski definition) is 2. The van der Waals surface area contributed by atoms with Crippen LogP contribution in [0.4, 0.5) is 0 Å². The van der Waals surface area contributed by atoms with Crippen molar-refractivity contribution in [1.82, 2.24) is 10.2 Å². The molecule has 1 saturated heterocycles. The second kappa shape index (κ2) is 7.14. The van der Waals surface area contributed by atoms with E-state index in [-0.39, 0.29) is 0 Å². The zero-order valence-electron chi connectivity index (χ0n) is 9.61. The van der Waals surface area contributed by atoms with Crippen molar-refractivity contribution in [3.05, 3.63) is 0 Å². The number of aliphatic hydroxyl groups excluding tert-OH is 1. The standard InChI is InChI=1S/C10H22N2O3/c1-12(9-5-11-6-9)7-10(13)8-15-4-3-14-2/h9-11,13H,3-8H2,1-2H3. The lowest BCUT2D eigenvalue weighted by molar-refractivity contribution is -0.00527. The molecule has 1 rings (SSSR count). The Morgan fingerprint density at radius 3 is 2.73 bits per heavy atom. The molecule has 2 N–H and O–H groups in total. The van der Waals surface area contributed by atoms with Gasteiger partial charge in [-0.15, -0.1) is 0 Å². The molecule has 0 aromatic heterocycles. The molecule has 0 saturated carbocycles. The van der Waals surface area contributed by atoms with Gasteiger partial charge in [-0.05, 0) is 7.05 Å². The highest BCUT2D eigenvalue weighted by molar-refractivity contribution is 4.83. The molecule has 5 nitrogen and oxygen atoms in total. The van der Waals surface area contributed by atoms with E-state index in [0.717, 1.165) is 13.1 Å². The van der Waals surface area contributed by atoms with E-state index in [1.807, 2.05) is 7.05 Å². The van der Waals surface area contributed by atoms with E-state index >= 15 is 0 Å². The van der Waals surface area contributed by atoms with Crippen LogP contribution >= 0.6 is 0 Å². The van der Waals surface area contributed by atoms with Gasteiger partial charge in [-0.2, -0.15) is 0 Å². The fourth-order valence-corrected chi connectivity index (χ4v) is 1.48. The van der Waals surface area contributed by atoms with Crippen molar-refractivity contribution in [2.75, 3.05) is 53.6 Å². The van der Waals surface area contributed by atoms with E-state index in [2.05, 4.69) is 10.2 Å². The number of methoxy groups -OCH3 is 1. The average molecular weight is 218 g/mol. The van der Waals surface area contributed by atoms with Crippen LogP contribution < -0.4 is 5.32 Å². The summed E-state index contributed by atoms with van der Waals surface area (Å²) in [6.07, 6.45) is -0.410. The Morgan fingerprint density at radius 2 is 2.20 bits per heavy atom. The van der Waals surface area contributed by atoms with E-state index in [0.29, 0.717) is 32.4 Å². The first-order chi connectivity index (χ1) is 7.24. The molecule has 15 heavy (non-hydrogen) atoms. The Morgan fingerprint density at radius 1 is 1.47 bits per heavy atom. The minimum atomic E-state index is -0.410. The summed E-state index contributed by atoms with van der Waals surface area (Å²) in [7, 11) is 3.67. The molecule has 5 heteroatoms. The van der Waals surface area contributed by atoms with Gasteiger partial charge >= 0.3 is 0 Å². The zero-order chi connectivity index (χ0) is 11.1. The quantitative estimate of drug-likeness (QED) is 0.507. The highest BCUT2D eigenvalue weighted by atomic mass is 16.5. The van der Waals surface area contributed by atoms with Crippen molar-refractivity contribution in [1.29, 1.82) is 0 Å². The third-order valence-electron chi connectivity index (χ3n) is 2.62. The summed E-state index contributed by atoms with van der Waals surface area (Å²) < 4.78 is 10.1. The summed E-state index contributed by atoms with van der Waals surface area (Å²) in [5.74, 6) is 0. The number of ether oxygens (including phenoxy) is 2. The van der Waals surface area contributed by atoms with Crippen LogP contribution in [0.25, 0.3) is 0 Å². The maximum atomic E-state index is 9.66. The smallest absolute Gasteiger partial charge is 0.0900 e. The van der Waals surface area contributed by atoms with Gasteiger partial charge in [-0.3, -0.25) is 4.90 Å². The minimum Gasteiger partial charge on any atom is -0.389 e. The lowest BCUT2D eigenvalue weighted by Crippen LogP contribution is -2.57. The first-order valence-corrected chi connectivity index (χ1v) is 5.39. The number of hydrogen-bond acceptors (Lipinski definition) is 5. The fraction of sp³-hybridized carbons (Fsp3) is 1.00. The number of rotatable bonds is 8. The molecule has 0 aromatic rings. The summed E-state index contributed by atoms with van der Waals surface area (Å²) >= 11 is 0. The first kappa shape index (κ1) is 12.9. The molecule has 0 bridgehead atoms. The number of nitrogens with one attached hydrogen (secondary N) is 1. The van der Waals surface area contributed by atoms with Crippen molar-refractivity contribution in [3.63, 3.8) is 0 Å². The number of likely N-dealkylation sites (N-methyl/N-ethyl adjacent to an activating group) is 1. The molecule has 0 amide bonds. The Bertz CT molecular complexity index is 165. The number of nitrogens with zero attached hydrogens (tertiary/aromatic N) is 1. The second-order valence-corrected chi connectivity index (χ2v) is 3.97. The highest BCUT2D eigenvalue weighted by Gasteiger charge is 2.22. The van der Waals surface area contributed by atoms with Gasteiger partial charge in [0, 0.05) is 32.8 Å². The highest BCUT2D eigenvalue weighted by Crippen LogP contribution is 2.02. The zero-order valence-corrected chi connectivity index (χ0v) is 9.61.